The molecule has 0 radical (unpaired) electrons. The summed E-state index contributed by atoms with van der Waals surface area (Å²) in [4.78, 5) is 0. The minimum atomic E-state index is -2.96. The minimum absolute atomic E-state index is 0.0302. The average Bonchev–Trinajstić information content (AvgIpc) is 2.99. The summed E-state index contributed by atoms with van der Waals surface area (Å²) in [5, 5.41) is 2.33. The molecule has 1 N–H and O–H groups in total. The predicted molar refractivity (Wildman–Crippen MR) is 88.2 cm³/mol. The number of fused-ring (bicyclic) bond motifs is 1. The fourth-order valence-electron chi connectivity index (χ4n) is 2.42. The third kappa shape index (κ3) is 3.17. The first-order chi connectivity index (χ1) is 15.1. The van der Waals surface area contributed by atoms with Crippen LogP contribution in [0.4, 0.5) is 4.39 Å². The highest BCUT2D eigenvalue weighted by molar-refractivity contribution is 5.46. The summed E-state index contributed by atoms with van der Waals surface area (Å²) in [5.74, 6) is -4.81. The van der Waals surface area contributed by atoms with E-state index in [1.54, 1.807) is 0 Å². The van der Waals surface area contributed by atoms with E-state index in [1.807, 2.05) is 0 Å². The monoisotopic (exact) mass is 338 g/mol. The number of rotatable bonds is 4. The van der Waals surface area contributed by atoms with E-state index in [-0.39, 0.29) is 22.8 Å². The second kappa shape index (κ2) is 6.69. The van der Waals surface area contributed by atoms with Crippen molar-refractivity contribution in [1.82, 2.24) is 5.32 Å². The van der Waals surface area contributed by atoms with Crippen molar-refractivity contribution in [3.8, 4) is 17.2 Å². The van der Waals surface area contributed by atoms with Gasteiger partial charge in [0.15, 0.2) is 11.5 Å². The van der Waals surface area contributed by atoms with Crippen molar-refractivity contribution >= 4 is 0 Å². The summed E-state index contributed by atoms with van der Waals surface area (Å²) >= 11 is 0. The van der Waals surface area contributed by atoms with Crippen molar-refractivity contribution < 1.29 is 30.9 Å². The predicted octanol–water partition coefficient (Wildman–Crippen LogP) is 3.33. The van der Waals surface area contributed by atoms with Gasteiger partial charge < -0.3 is 19.5 Å². The lowest BCUT2D eigenvalue weighted by Crippen LogP contribution is -2.38. The van der Waals surface area contributed by atoms with E-state index in [0.717, 1.165) is 24.3 Å². The molecule has 1 fully saturated rings. The molecule has 4 nitrogen and oxygen atoms in total. The van der Waals surface area contributed by atoms with Crippen LogP contribution in [0.3, 0.4) is 0 Å². The molecular weight excluding hydrogens is 309 g/mol. The van der Waals surface area contributed by atoms with Crippen LogP contribution in [-0.4, -0.2) is 26.3 Å². The van der Waals surface area contributed by atoms with Crippen LogP contribution in [0.2, 0.25) is 0 Å². The van der Waals surface area contributed by atoms with Gasteiger partial charge in [-0.25, -0.2) is 4.39 Å². The second-order valence-corrected chi connectivity index (χ2v) is 5.22. The smallest absolute Gasteiger partial charge is 0.231 e. The quantitative estimate of drug-likeness (QED) is 0.928. The first-order valence-corrected chi connectivity index (χ1v) is 7.31. The van der Waals surface area contributed by atoms with E-state index in [2.05, 4.69) is 5.32 Å². The number of halogens is 1. The largest absolute Gasteiger partial charge is 0.493 e. The maximum absolute atomic E-state index is 13.5. The standard InChI is InChI=1S/C19H20FNO3/c20-15-3-1-13(2-4-15)17-7-8-21-10-14(17)11-22-16-5-6-18-19(9-16)24-12-23-18/h1-6,9,14,17,21H,7-8,10-12H2/t14-,17?/m0/s1/i7D2,8D2,11D2,12D2,17D. The highest BCUT2D eigenvalue weighted by atomic mass is 19.1. The van der Waals surface area contributed by atoms with E-state index in [1.165, 1.54) is 18.2 Å². The first-order valence-electron chi connectivity index (χ1n) is 11.8. The number of nitrogens with one attached hydrogen (secondary N) is 1. The number of ether oxygens (including phenoxy) is 3. The van der Waals surface area contributed by atoms with E-state index in [4.69, 9.17) is 26.5 Å². The molecule has 2 aliphatic heterocycles. The second-order valence-electron chi connectivity index (χ2n) is 5.22. The van der Waals surface area contributed by atoms with Gasteiger partial charge in [0.05, 0.1) is 9.30 Å². The van der Waals surface area contributed by atoms with E-state index >= 15 is 0 Å². The van der Waals surface area contributed by atoms with Crippen LogP contribution in [0, 0.1) is 11.7 Å². The SMILES string of the molecule is [2H]C1([2H])Oc2ccc(OC([2H])([2H])[C@@H]3CNC([2H])([2H])C([2H])([2H])C3([2H])c3ccc(F)cc3)cc2O1. The van der Waals surface area contributed by atoms with E-state index < -0.39 is 50.3 Å². The van der Waals surface area contributed by atoms with Gasteiger partial charge in [0.2, 0.25) is 6.75 Å². The Kier molecular flexibility index (Phi) is 2.29. The third-order valence-corrected chi connectivity index (χ3v) is 3.63. The number of benzene rings is 2. The van der Waals surface area contributed by atoms with Gasteiger partial charge in [0, 0.05) is 25.4 Å². The zero-order valence-electron chi connectivity index (χ0n) is 21.4. The Labute approximate surface area is 153 Å². The molecule has 2 atom stereocenters. The molecule has 2 aromatic rings. The molecule has 1 saturated heterocycles. The van der Waals surface area contributed by atoms with Gasteiger partial charge in [0.1, 0.15) is 14.3 Å². The summed E-state index contributed by atoms with van der Waals surface area (Å²) in [6.07, 6.45) is -2.96. The number of piperidine rings is 1. The summed E-state index contributed by atoms with van der Waals surface area (Å²) < 4.78 is 103. The Morgan fingerprint density at radius 1 is 1.25 bits per heavy atom. The molecule has 0 aliphatic carbocycles. The van der Waals surface area contributed by atoms with Crippen LogP contribution in [-0.2, 0) is 0 Å². The lowest BCUT2D eigenvalue weighted by molar-refractivity contribution is 0.173. The summed E-state index contributed by atoms with van der Waals surface area (Å²) in [7, 11) is 0. The Balaban J connectivity index is 1.73. The fourth-order valence-corrected chi connectivity index (χ4v) is 2.42. The van der Waals surface area contributed by atoms with Crippen molar-refractivity contribution in [2.75, 3.05) is 26.3 Å². The highest BCUT2D eigenvalue weighted by Gasteiger charge is 2.27. The molecule has 2 aliphatic rings. The van der Waals surface area contributed by atoms with Crippen LogP contribution < -0.4 is 19.5 Å². The van der Waals surface area contributed by atoms with Gasteiger partial charge in [-0.2, -0.15) is 0 Å². The van der Waals surface area contributed by atoms with Crippen molar-refractivity contribution in [3.63, 3.8) is 0 Å². The molecule has 0 aromatic heterocycles. The highest BCUT2D eigenvalue weighted by Crippen LogP contribution is 2.36. The molecule has 4 rings (SSSR count). The molecule has 0 bridgehead atoms. The maximum Gasteiger partial charge on any atom is 0.231 e. The Bertz CT molecular complexity index is 1070. The van der Waals surface area contributed by atoms with E-state index in [9.17, 15) is 4.39 Å². The third-order valence-electron chi connectivity index (χ3n) is 3.63. The summed E-state index contributed by atoms with van der Waals surface area (Å²) in [5.41, 5.74) is -0.115. The first kappa shape index (κ1) is 8.21. The lowest BCUT2D eigenvalue weighted by Gasteiger charge is -2.32. The topological polar surface area (TPSA) is 39.7 Å². The van der Waals surface area contributed by atoms with Gasteiger partial charge >= 0.3 is 0 Å². The van der Waals surface area contributed by atoms with Crippen LogP contribution in [0.5, 0.6) is 17.2 Å². The zero-order chi connectivity index (χ0) is 24.4. The van der Waals surface area contributed by atoms with Crippen molar-refractivity contribution in [3.05, 3.63) is 53.8 Å². The molecule has 2 heterocycles. The normalized spacial score (nSPS) is 37.9. The Morgan fingerprint density at radius 3 is 2.96 bits per heavy atom. The molecule has 1 unspecified atom stereocenters. The molecule has 2 aromatic carbocycles. The van der Waals surface area contributed by atoms with E-state index in [0.29, 0.717) is 0 Å². The average molecular weight is 338 g/mol. The summed E-state index contributed by atoms with van der Waals surface area (Å²) in [6.45, 7) is -8.28. The van der Waals surface area contributed by atoms with Gasteiger partial charge in [-0.15, -0.1) is 0 Å². The molecular formula is C19H20FNO3. The number of hydrogen-bond acceptors (Lipinski definition) is 4. The van der Waals surface area contributed by atoms with Crippen molar-refractivity contribution in [1.29, 1.82) is 0 Å². The minimum Gasteiger partial charge on any atom is -0.493 e. The maximum atomic E-state index is 13.5. The fraction of sp³-hybridized carbons (Fsp3) is 0.368. The van der Waals surface area contributed by atoms with Crippen LogP contribution in [0.15, 0.2) is 42.5 Å². The van der Waals surface area contributed by atoms with Crippen molar-refractivity contribution in [2.24, 2.45) is 5.92 Å². The zero-order valence-corrected chi connectivity index (χ0v) is 12.4. The van der Waals surface area contributed by atoms with Crippen LogP contribution in [0.25, 0.3) is 0 Å². The molecule has 126 valence electrons. The molecule has 24 heavy (non-hydrogen) atoms. The molecule has 5 heteroatoms. The molecule has 0 amide bonds. The number of hydrogen-bond donors (Lipinski definition) is 1. The van der Waals surface area contributed by atoms with Gasteiger partial charge in [-0.3, -0.25) is 0 Å². The lowest BCUT2D eigenvalue weighted by atomic mass is 9.81. The Hall–Kier alpha value is -2.27. The van der Waals surface area contributed by atoms with Gasteiger partial charge in [-0.1, -0.05) is 12.1 Å². The van der Waals surface area contributed by atoms with Crippen molar-refractivity contribution in [2.45, 2.75) is 12.3 Å². The Morgan fingerprint density at radius 2 is 2.08 bits per heavy atom. The molecule has 0 spiro atoms. The summed E-state index contributed by atoms with van der Waals surface area (Å²) in [6, 6.07) is 8.08. The van der Waals surface area contributed by atoms with Crippen LogP contribution in [0.1, 0.15) is 30.2 Å². The molecule has 0 saturated carbocycles. The van der Waals surface area contributed by atoms with Crippen LogP contribution >= 0.6 is 0 Å². The van der Waals surface area contributed by atoms with Gasteiger partial charge in [-0.05, 0) is 48.6 Å². The van der Waals surface area contributed by atoms with Gasteiger partial charge in [0.25, 0.3) is 0 Å².